The van der Waals surface area contributed by atoms with E-state index in [4.69, 9.17) is 23.2 Å². The molecule has 1 aliphatic rings. The molecule has 1 aromatic rings. The van der Waals surface area contributed by atoms with Crippen molar-refractivity contribution < 1.29 is 10.4 Å². The molecule has 1 saturated heterocycles. The lowest BCUT2D eigenvalue weighted by Gasteiger charge is -2.29. The molecule has 2 atom stereocenters. The van der Waals surface area contributed by atoms with E-state index in [1.54, 1.807) is 18.2 Å². The maximum Gasteiger partial charge on any atom is 0.137 e. The molecule has 0 radical (unpaired) electrons. The van der Waals surface area contributed by atoms with Gasteiger partial charge in [-0.15, -0.1) is 0 Å². The highest BCUT2D eigenvalue weighted by molar-refractivity contribution is 6.35. The largest absolute Gasteiger partial charge is 0.312 e. The van der Waals surface area contributed by atoms with Crippen LogP contribution in [0.1, 0.15) is 32.5 Å². The Morgan fingerprint density at radius 3 is 2.28 bits per heavy atom. The zero-order chi connectivity index (χ0) is 13.7. The van der Waals surface area contributed by atoms with E-state index in [1.807, 2.05) is 20.8 Å². The van der Waals surface area contributed by atoms with Gasteiger partial charge in [-0.1, -0.05) is 29.3 Å². The van der Waals surface area contributed by atoms with Crippen LogP contribution in [0.5, 0.6) is 0 Å². The molecule has 4 nitrogen and oxygen atoms in total. The fraction of sp³-hybridized carbons (Fsp3) is 0.500. The van der Waals surface area contributed by atoms with Gasteiger partial charge in [-0.3, -0.25) is 0 Å². The van der Waals surface area contributed by atoms with Crippen LogP contribution in [0.15, 0.2) is 18.2 Å². The van der Waals surface area contributed by atoms with Crippen LogP contribution in [-0.4, -0.2) is 32.1 Å². The van der Waals surface area contributed by atoms with Gasteiger partial charge in [-0.2, -0.15) is 10.1 Å². The van der Waals surface area contributed by atoms with Gasteiger partial charge in [0, 0.05) is 15.6 Å². The Labute approximate surface area is 116 Å². The van der Waals surface area contributed by atoms with Crippen molar-refractivity contribution in [3.63, 3.8) is 0 Å². The number of halogens is 2. The fourth-order valence-corrected chi connectivity index (χ4v) is 2.65. The van der Waals surface area contributed by atoms with Crippen LogP contribution in [0.3, 0.4) is 0 Å². The van der Waals surface area contributed by atoms with E-state index in [2.05, 4.69) is 0 Å². The van der Waals surface area contributed by atoms with Crippen molar-refractivity contribution in [3.05, 3.63) is 33.8 Å². The second-order valence-electron chi connectivity index (χ2n) is 5.09. The minimum atomic E-state index is -0.695. The summed E-state index contributed by atoms with van der Waals surface area (Å²) in [6.45, 7) is 5.54. The van der Waals surface area contributed by atoms with Crippen molar-refractivity contribution in [1.82, 2.24) is 10.1 Å². The summed E-state index contributed by atoms with van der Waals surface area (Å²) >= 11 is 12.0. The number of rotatable bonds is 1. The molecule has 1 fully saturated rings. The van der Waals surface area contributed by atoms with E-state index >= 15 is 0 Å². The zero-order valence-corrected chi connectivity index (χ0v) is 11.9. The summed E-state index contributed by atoms with van der Waals surface area (Å²) in [5, 5.41) is 23.5. The molecule has 2 N–H and O–H groups in total. The number of nitrogens with zero attached hydrogens (tertiary/aromatic N) is 2. The zero-order valence-electron chi connectivity index (χ0n) is 10.4. The van der Waals surface area contributed by atoms with Crippen LogP contribution >= 0.6 is 23.2 Å². The topological polar surface area (TPSA) is 46.9 Å². The maximum absolute atomic E-state index is 10.2. The lowest BCUT2D eigenvalue weighted by molar-refractivity contribution is -0.218. The molecule has 18 heavy (non-hydrogen) atoms. The normalized spacial score (nSPS) is 28.8. The summed E-state index contributed by atoms with van der Waals surface area (Å²) in [5.41, 5.74) is 0.0334. The summed E-state index contributed by atoms with van der Waals surface area (Å²) in [4.78, 5) is 0. The first-order valence-corrected chi connectivity index (χ1v) is 6.42. The van der Waals surface area contributed by atoms with Gasteiger partial charge in [0.1, 0.15) is 6.17 Å². The molecular formula is C12H16Cl2N2O2. The average Bonchev–Trinajstić information content (AvgIpc) is 2.43. The third-order valence-electron chi connectivity index (χ3n) is 3.73. The van der Waals surface area contributed by atoms with Crippen molar-refractivity contribution in [2.24, 2.45) is 0 Å². The summed E-state index contributed by atoms with van der Waals surface area (Å²) in [6.07, 6.45) is -0.695. The summed E-state index contributed by atoms with van der Waals surface area (Å²) < 4.78 is 0. The Balaban J connectivity index is 2.45. The Hall–Kier alpha value is -0.360. The Morgan fingerprint density at radius 2 is 1.83 bits per heavy atom. The van der Waals surface area contributed by atoms with E-state index in [1.165, 1.54) is 0 Å². The van der Waals surface area contributed by atoms with Crippen LogP contribution in [0.25, 0.3) is 0 Å². The molecule has 0 aliphatic carbocycles. The van der Waals surface area contributed by atoms with Crippen molar-refractivity contribution in [3.8, 4) is 0 Å². The first-order valence-electron chi connectivity index (χ1n) is 5.67. The summed E-state index contributed by atoms with van der Waals surface area (Å²) in [7, 11) is 0. The van der Waals surface area contributed by atoms with Gasteiger partial charge in [-0.05, 0) is 32.9 Å². The summed E-state index contributed by atoms with van der Waals surface area (Å²) in [6, 6.07) is 4.74. The molecule has 0 bridgehead atoms. The SMILES string of the molecule is C[C@@H]1N(O)[C@@H](c2ccc(Cl)cc2Cl)N(O)C1(C)C. The van der Waals surface area contributed by atoms with Crippen molar-refractivity contribution >= 4 is 23.2 Å². The molecule has 1 aliphatic heterocycles. The Morgan fingerprint density at radius 1 is 1.22 bits per heavy atom. The fourth-order valence-electron chi connectivity index (χ4n) is 2.14. The van der Waals surface area contributed by atoms with Crippen LogP contribution in [0.4, 0.5) is 0 Å². The predicted molar refractivity (Wildman–Crippen MR) is 70.0 cm³/mol. The van der Waals surface area contributed by atoms with Crippen LogP contribution in [0.2, 0.25) is 10.0 Å². The Kier molecular flexibility index (Phi) is 3.62. The van der Waals surface area contributed by atoms with E-state index in [9.17, 15) is 10.4 Å². The third kappa shape index (κ3) is 2.03. The van der Waals surface area contributed by atoms with Crippen LogP contribution < -0.4 is 0 Å². The number of benzene rings is 1. The van der Waals surface area contributed by atoms with Crippen molar-refractivity contribution in [2.75, 3.05) is 0 Å². The van der Waals surface area contributed by atoms with E-state index < -0.39 is 11.7 Å². The number of hydrogen-bond donors (Lipinski definition) is 2. The predicted octanol–water partition coefficient (Wildman–Crippen LogP) is 3.56. The first kappa shape index (κ1) is 14.1. The van der Waals surface area contributed by atoms with Gasteiger partial charge in [0.05, 0.1) is 11.6 Å². The quantitative estimate of drug-likeness (QED) is 0.830. The molecule has 0 aromatic heterocycles. The highest BCUT2D eigenvalue weighted by Gasteiger charge is 2.51. The molecular weight excluding hydrogens is 275 g/mol. The lowest BCUT2D eigenvalue weighted by atomic mass is 9.98. The van der Waals surface area contributed by atoms with Crippen LogP contribution in [0, 0.1) is 0 Å². The number of hydrogen-bond acceptors (Lipinski definition) is 4. The summed E-state index contributed by atoms with van der Waals surface area (Å²) in [5.74, 6) is 0. The molecule has 0 amide bonds. The molecule has 1 aromatic carbocycles. The van der Waals surface area contributed by atoms with Gasteiger partial charge < -0.3 is 10.4 Å². The lowest BCUT2D eigenvalue weighted by Crippen LogP contribution is -2.43. The highest BCUT2D eigenvalue weighted by Crippen LogP contribution is 2.43. The van der Waals surface area contributed by atoms with Crippen molar-refractivity contribution in [2.45, 2.75) is 38.5 Å². The number of hydroxylamine groups is 4. The molecule has 1 heterocycles. The molecule has 0 spiro atoms. The second-order valence-corrected chi connectivity index (χ2v) is 5.94. The van der Waals surface area contributed by atoms with Gasteiger partial charge in [0.2, 0.25) is 0 Å². The van der Waals surface area contributed by atoms with Gasteiger partial charge in [-0.25, -0.2) is 0 Å². The third-order valence-corrected chi connectivity index (χ3v) is 4.29. The smallest absolute Gasteiger partial charge is 0.137 e. The van der Waals surface area contributed by atoms with E-state index in [0.717, 1.165) is 10.1 Å². The van der Waals surface area contributed by atoms with Gasteiger partial charge in [0.15, 0.2) is 0 Å². The minimum Gasteiger partial charge on any atom is -0.312 e. The molecule has 0 saturated carbocycles. The average molecular weight is 291 g/mol. The second kappa shape index (κ2) is 4.63. The van der Waals surface area contributed by atoms with Gasteiger partial charge >= 0.3 is 0 Å². The molecule has 100 valence electrons. The first-order chi connectivity index (χ1) is 8.26. The van der Waals surface area contributed by atoms with Crippen molar-refractivity contribution in [1.29, 1.82) is 0 Å². The van der Waals surface area contributed by atoms with Crippen LogP contribution in [-0.2, 0) is 0 Å². The monoisotopic (exact) mass is 290 g/mol. The van der Waals surface area contributed by atoms with E-state index in [-0.39, 0.29) is 6.04 Å². The molecule has 2 rings (SSSR count). The molecule has 0 unspecified atom stereocenters. The highest BCUT2D eigenvalue weighted by atomic mass is 35.5. The molecule has 6 heteroatoms. The standard InChI is InChI=1S/C12H16Cl2N2O2/c1-7-12(2,3)16(18)11(15(7)17)9-5-4-8(13)6-10(9)14/h4-7,11,17-18H,1-3H3/t7-,11+/m0/s1. The van der Waals surface area contributed by atoms with Gasteiger partial charge in [0.25, 0.3) is 0 Å². The maximum atomic E-state index is 10.2. The minimum absolute atomic E-state index is 0.237. The van der Waals surface area contributed by atoms with E-state index in [0.29, 0.717) is 15.6 Å². The Bertz CT molecular complexity index is 467.